The number of aromatic carboxylic acids is 1. The molecule has 0 radical (unpaired) electrons. The van der Waals surface area contributed by atoms with Gasteiger partial charge in [0.15, 0.2) is 0 Å². The first-order valence-corrected chi connectivity index (χ1v) is 6.09. The predicted molar refractivity (Wildman–Crippen MR) is 71.9 cm³/mol. The number of carboxylic acid groups (broad SMARTS) is 1. The van der Waals surface area contributed by atoms with Gasteiger partial charge in [0.05, 0.1) is 17.0 Å². The van der Waals surface area contributed by atoms with E-state index >= 15 is 0 Å². The first-order chi connectivity index (χ1) is 9.06. The molecule has 2 aromatic rings. The topological polar surface area (TPSA) is 67.2 Å². The summed E-state index contributed by atoms with van der Waals surface area (Å²) in [6.45, 7) is 3.29. The second-order valence-corrected chi connectivity index (χ2v) is 4.51. The van der Waals surface area contributed by atoms with E-state index in [1.165, 1.54) is 0 Å². The van der Waals surface area contributed by atoms with Crippen LogP contribution >= 0.6 is 0 Å². The van der Waals surface area contributed by atoms with Gasteiger partial charge in [0.2, 0.25) is 0 Å². The Morgan fingerprint density at radius 3 is 2.79 bits per heavy atom. The van der Waals surface area contributed by atoms with Crippen LogP contribution in [0.3, 0.4) is 0 Å². The maximum absolute atomic E-state index is 10.9. The highest BCUT2D eigenvalue weighted by Gasteiger charge is 2.04. The Morgan fingerprint density at radius 1 is 1.37 bits per heavy atom. The molecule has 0 spiro atoms. The van der Waals surface area contributed by atoms with E-state index in [1.807, 2.05) is 30.8 Å². The lowest BCUT2D eigenvalue weighted by Gasteiger charge is -2.06. The molecule has 0 unspecified atom stereocenters. The van der Waals surface area contributed by atoms with Crippen LogP contribution < -0.4 is 5.32 Å². The van der Waals surface area contributed by atoms with Crippen LogP contribution in [-0.2, 0) is 20.1 Å². The van der Waals surface area contributed by atoms with Gasteiger partial charge < -0.3 is 10.4 Å². The maximum atomic E-state index is 10.9. The average molecular weight is 259 g/mol. The molecule has 5 nitrogen and oxygen atoms in total. The first kappa shape index (κ1) is 13.3. The monoisotopic (exact) mass is 259 g/mol. The number of nitrogens with one attached hydrogen (secondary N) is 1. The summed E-state index contributed by atoms with van der Waals surface area (Å²) in [4.78, 5) is 10.9. The second-order valence-electron chi connectivity index (χ2n) is 4.51. The van der Waals surface area contributed by atoms with Crippen molar-refractivity contribution in [2.45, 2.75) is 20.0 Å². The van der Waals surface area contributed by atoms with Gasteiger partial charge in [-0.3, -0.25) is 4.68 Å². The summed E-state index contributed by atoms with van der Waals surface area (Å²) in [6, 6.07) is 8.98. The molecule has 2 rings (SSSR count). The van der Waals surface area contributed by atoms with Gasteiger partial charge in [-0.15, -0.1) is 0 Å². The Morgan fingerprint density at radius 2 is 2.16 bits per heavy atom. The average Bonchev–Trinajstić information content (AvgIpc) is 2.68. The fourth-order valence-corrected chi connectivity index (χ4v) is 1.98. The maximum Gasteiger partial charge on any atom is 0.335 e. The lowest BCUT2D eigenvalue weighted by molar-refractivity contribution is 0.0696. The third kappa shape index (κ3) is 3.42. The van der Waals surface area contributed by atoms with Gasteiger partial charge in [0.1, 0.15) is 0 Å². The first-order valence-electron chi connectivity index (χ1n) is 6.09. The largest absolute Gasteiger partial charge is 0.478 e. The van der Waals surface area contributed by atoms with Gasteiger partial charge in [-0.05, 0) is 30.7 Å². The highest BCUT2D eigenvalue weighted by Crippen LogP contribution is 2.06. The standard InChI is InChI=1S/C14H17N3O2/c1-10-6-13(17(2)16-10)9-15-8-11-4-3-5-12(7-11)14(18)19/h3-7,15H,8-9H2,1-2H3,(H,18,19). The molecule has 0 bridgehead atoms. The summed E-state index contributed by atoms with van der Waals surface area (Å²) in [5.41, 5.74) is 3.37. The van der Waals surface area contributed by atoms with Crippen LogP contribution in [0, 0.1) is 6.92 Å². The Balaban J connectivity index is 1.94. The molecule has 1 heterocycles. The van der Waals surface area contributed by atoms with Crippen molar-refractivity contribution < 1.29 is 9.90 Å². The van der Waals surface area contributed by atoms with Gasteiger partial charge in [0.25, 0.3) is 0 Å². The van der Waals surface area contributed by atoms with E-state index in [9.17, 15) is 4.79 Å². The van der Waals surface area contributed by atoms with Gasteiger partial charge in [0, 0.05) is 20.1 Å². The highest BCUT2D eigenvalue weighted by molar-refractivity contribution is 5.87. The molecule has 0 amide bonds. The Hall–Kier alpha value is -2.14. The predicted octanol–water partition coefficient (Wildman–Crippen LogP) is 1.72. The number of nitrogens with zero attached hydrogens (tertiary/aromatic N) is 2. The quantitative estimate of drug-likeness (QED) is 0.858. The number of aryl methyl sites for hydroxylation is 2. The van der Waals surface area contributed by atoms with Crippen molar-refractivity contribution in [3.63, 3.8) is 0 Å². The van der Waals surface area contributed by atoms with E-state index in [1.54, 1.807) is 18.2 Å². The minimum Gasteiger partial charge on any atom is -0.478 e. The molecule has 0 aliphatic carbocycles. The van der Waals surface area contributed by atoms with E-state index < -0.39 is 5.97 Å². The van der Waals surface area contributed by atoms with E-state index in [-0.39, 0.29) is 0 Å². The summed E-state index contributed by atoms with van der Waals surface area (Å²) in [5, 5.41) is 16.5. The van der Waals surface area contributed by atoms with Crippen LogP contribution in [0.4, 0.5) is 0 Å². The smallest absolute Gasteiger partial charge is 0.335 e. The normalized spacial score (nSPS) is 10.6. The molecule has 2 N–H and O–H groups in total. The molecule has 1 aromatic carbocycles. The molecule has 0 fully saturated rings. The van der Waals surface area contributed by atoms with Crippen molar-refractivity contribution in [1.29, 1.82) is 0 Å². The molecule has 19 heavy (non-hydrogen) atoms. The van der Waals surface area contributed by atoms with E-state index in [0.717, 1.165) is 17.0 Å². The Kier molecular flexibility index (Phi) is 3.97. The summed E-state index contributed by atoms with van der Waals surface area (Å²) < 4.78 is 1.84. The molecule has 0 atom stereocenters. The summed E-state index contributed by atoms with van der Waals surface area (Å²) >= 11 is 0. The summed E-state index contributed by atoms with van der Waals surface area (Å²) in [5.74, 6) is -0.899. The number of hydrogen-bond donors (Lipinski definition) is 2. The van der Waals surface area contributed by atoms with Crippen molar-refractivity contribution in [1.82, 2.24) is 15.1 Å². The number of carboxylic acids is 1. The highest BCUT2D eigenvalue weighted by atomic mass is 16.4. The van der Waals surface area contributed by atoms with Gasteiger partial charge in [-0.25, -0.2) is 4.79 Å². The molecular weight excluding hydrogens is 242 g/mol. The SMILES string of the molecule is Cc1cc(CNCc2cccc(C(=O)O)c2)n(C)n1. The Bertz CT molecular complexity index is 590. The number of benzene rings is 1. The van der Waals surface area contributed by atoms with Crippen LogP contribution in [0.25, 0.3) is 0 Å². The molecule has 100 valence electrons. The summed E-state index contributed by atoms with van der Waals surface area (Å²) in [7, 11) is 1.91. The van der Waals surface area contributed by atoms with Crippen LogP contribution in [0.2, 0.25) is 0 Å². The molecule has 1 aromatic heterocycles. The number of rotatable bonds is 5. The molecular formula is C14H17N3O2. The van der Waals surface area contributed by atoms with Gasteiger partial charge >= 0.3 is 5.97 Å². The minimum absolute atomic E-state index is 0.315. The van der Waals surface area contributed by atoms with Gasteiger partial charge in [-0.2, -0.15) is 5.10 Å². The number of carbonyl (C=O) groups is 1. The molecule has 0 aliphatic rings. The van der Waals surface area contributed by atoms with Crippen LogP contribution in [0.5, 0.6) is 0 Å². The zero-order chi connectivity index (χ0) is 13.8. The minimum atomic E-state index is -0.899. The van der Waals surface area contributed by atoms with Crippen molar-refractivity contribution in [2.24, 2.45) is 7.05 Å². The van der Waals surface area contributed by atoms with E-state index in [0.29, 0.717) is 18.7 Å². The zero-order valence-corrected chi connectivity index (χ0v) is 11.1. The fourth-order valence-electron chi connectivity index (χ4n) is 1.98. The lowest BCUT2D eigenvalue weighted by atomic mass is 10.1. The third-order valence-electron chi connectivity index (χ3n) is 2.91. The zero-order valence-electron chi connectivity index (χ0n) is 11.1. The van der Waals surface area contributed by atoms with Crippen molar-refractivity contribution in [2.75, 3.05) is 0 Å². The van der Waals surface area contributed by atoms with Crippen LogP contribution in [0.15, 0.2) is 30.3 Å². The fraction of sp³-hybridized carbons (Fsp3) is 0.286. The Labute approximate surface area is 111 Å². The van der Waals surface area contributed by atoms with E-state index in [4.69, 9.17) is 5.11 Å². The summed E-state index contributed by atoms with van der Waals surface area (Å²) in [6.07, 6.45) is 0. The number of aromatic nitrogens is 2. The van der Waals surface area contributed by atoms with E-state index in [2.05, 4.69) is 10.4 Å². The molecule has 0 aliphatic heterocycles. The molecule has 0 saturated heterocycles. The second kappa shape index (κ2) is 5.67. The van der Waals surface area contributed by atoms with Gasteiger partial charge in [-0.1, -0.05) is 12.1 Å². The van der Waals surface area contributed by atoms with Crippen molar-refractivity contribution >= 4 is 5.97 Å². The third-order valence-corrected chi connectivity index (χ3v) is 2.91. The molecule has 5 heteroatoms. The van der Waals surface area contributed by atoms with Crippen molar-refractivity contribution in [3.8, 4) is 0 Å². The van der Waals surface area contributed by atoms with Crippen LogP contribution in [0.1, 0.15) is 27.3 Å². The lowest BCUT2D eigenvalue weighted by Crippen LogP contribution is -2.15. The van der Waals surface area contributed by atoms with Crippen LogP contribution in [-0.4, -0.2) is 20.9 Å². The molecule has 0 saturated carbocycles. The number of hydrogen-bond acceptors (Lipinski definition) is 3. The van der Waals surface area contributed by atoms with Crippen molar-refractivity contribution in [3.05, 3.63) is 52.8 Å².